The Kier molecular flexibility index (Phi) is 9.80. The van der Waals surface area contributed by atoms with Crippen LogP contribution in [-0.2, 0) is 22.6 Å². The van der Waals surface area contributed by atoms with Crippen molar-refractivity contribution in [3.05, 3.63) is 87.3 Å². The van der Waals surface area contributed by atoms with Gasteiger partial charge in [-0.25, -0.2) is 8.42 Å². The summed E-state index contributed by atoms with van der Waals surface area (Å²) in [5.74, 6) is -0.578. The number of nitrogens with zero attached hydrogens (tertiary/aromatic N) is 1. The van der Waals surface area contributed by atoms with Gasteiger partial charge in [-0.1, -0.05) is 18.2 Å². The van der Waals surface area contributed by atoms with Crippen LogP contribution in [0.5, 0.6) is 5.75 Å². The highest BCUT2D eigenvalue weighted by atomic mass is 32.2. The SMILES string of the molecule is CNCCCOc1cc(C(=O)NCc2ccc(S(=O)(=O)C(C)C)cc2)c(=O)n(-c2cccc(C(F)(F)F)c2)c1C. The molecule has 216 valence electrons. The van der Waals surface area contributed by atoms with Gasteiger partial charge in [-0.05, 0) is 76.7 Å². The fourth-order valence-corrected chi connectivity index (χ4v) is 4.96. The van der Waals surface area contributed by atoms with Crippen molar-refractivity contribution in [3.8, 4) is 11.4 Å². The smallest absolute Gasteiger partial charge is 0.416 e. The Balaban J connectivity index is 1.96. The van der Waals surface area contributed by atoms with E-state index in [0.717, 1.165) is 16.7 Å². The van der Waals surface area contributed by atoms with Crippen molar-refractivity contribution in [2.24, 2.45) is 0 Å². The maximum absolute atomic E-state index is 13.4. The number of hydrogen-bond acceptors (Lipinski definition) is 6. The molecule has 40 heavy (non-hydrogen) atoms. The van der Waals surface area contributed by atoms with E-state index in [9.17, 15) is 31.2 Å². The third kappa shape index (κ3) is 7.11. The van der Waals surface area contributed by atoms with E-state index in [0.29, 0.717) is 18.5 Å². The summed E-state index contributed by atoms with van der Waals surface area (Å²) in [5.41, 5.74) is -1.29. The molecule has 1 aromatic heterocycles. The summed E-state index contributed by atoms with van der Waals surface area (Å²) < 4.78 is 71.7. The molecule has 0 spiro atoms. The van der Waals surface area contributed by atoms with Crippen molar-refractivity contribution < 1.29 is 31.1 Å². The molecule has 12 heteroatoms. The lowest BCUT2D eigenvalue weighted by molar-refractivity contribution is -0.137. The van der Waals surface area contributed by atoms with Gasteiger partial charge in [0.15, 0.2) is 9.84 Å². The Labute approximate surface area is 231 Å². The molecule has 0 radical (unpaired) electrons. The molecule has 0 fully saturated rings. The second-order valence-electron chi connectivity index (χ2n) is 9.42. The Hall–Kier alpha value is -3.64. The lowest BCUT2D eigenvalue weighted by Crippen LogP contribution is -2.33. The minimum absolute atomic E-state index is 0.0178. The van der Waals surface area contributed by atoms with Crippen LogP contribution in [0.25, 0.3) is 5.69 Å². The first-order valence-corrected chi connectivity index (χ1v) is 14.1. The van der Waals surface area contributed by atoms with E-state index >= 15 is 0 Å². The molecule has 0 bridgehead atoms. The molecule has 0 aliphatic rings. The summed E-state index contributed by atoms with van der Waals surface area (Å²) in [6, 6.07) is 11.6. The van der Waals surface area contributed by atoms with Gasteiger partial charge in [0.2, 0.25) is 0 Å². The van der Waals surface area contributed by atoms with E-state index in [1.807, 2.05) is 0 Å². The van der Waals surface area contributed by atoms with E-state index in [2.05, 4.69) is 10.6 Å². The van der Waals surface area contributed by atoms with Gasteiger partial charge in [-0.3, -0.25) is 14.2 Å². The Morgan fingerprint density at radius 3 is 2.35 bits per heavy atom. The highest BCUT2D eigenvalue weighted by molar-refractivity contribution is 7.92. The van der Waals surface area contributed by atoms with Crippen LogP contribution in [-0.4, -0.2) is 44.3 Å². The second kappa shape index (κ2) is 12.7. The predicted molar refractivity (Wildman–Crippen MR) is 146 cm³/mol. The molecule has 1 heterocycles. The molecule has 3 rings (SSSR count). The summed E-state index contributed by atoms with van der Waals surface area (Å²) in [4.78, 5) is 26.7. The minimum atomic E-state index is -4.63. The van der Waals surface area contributed by atoms with Crippen LogP contribution in [0.15, 0.2) is 64.3 Å². The maximum Gasteiger partial charge on any atom is 0.416 e. The summed E-state index contributed by atoms with van der Waals surface area (Å²) in [5, 5.41) is 5.01. The standard InChI is InChI=1S/C28H32F3N3O5S/c1-18(2)40(37,38)23-11-9-20(10-12-23)17-33-26(35)24-16-25(39-14-6-13-32-4)19(3)34(27(24)36)22-8-5-7-21(15-22)28(29,30)31/h5,7-12,15-16,18,32H,6,13-14,17H2,1-4H3,(H,33,35). The Morgan fingerprint density at radius 1 is 1.07 bits per heavy atom. The van der Waals surface area contributed by atoms with Crippen LogP contribution in [0.3, 0.4) is 0 Å². The van der Waals surface area contributed by atoms with Crippen LogP contribution < -0.4 is 20.9 Å². The van der Waals surface area contributed by atoms with E-state index in [4.69, 9.17) is 4.74 Å². The first-order valence-electron chi connectivity index (χ1n) is 12.6. The van der Waals surface area contributed by atoms with Crippen LogP contribution in [0, 0.1) is 6.92 Å². The van der Waals surface area contributed by atoms with Crippen molar-refractivity contribution in [3.63, 3.8) is 0 Å². The van der Waals surface area contributed by atoms with Crippen LogP contribution >= 0.6 is 0 Å². The summed E-state index contributed by atoms with van der Waals surface area (Å²) in [6.45, 7) is 5.57. The Bertz CT molecular complexity index is 1520. The lowest BCUT2D eigenvalue weighted by Gasteiger charge is -2.18. The van der Waals surface area contributed by atoms with Crippen molar-refractivity contribution in [1.29, 1.82) is 0 Å². The van der Waals surface area contributed by atoms with Crippen LogP contribution in [0.1, 0.15) is 47.4 Å². The van der Waals surface area contributed by atoms with E-state index < -0.39 is 38.3 Å². The van der Waals surface area contributed by atoms with Crippen molar-refractivity contribution >= 4 is 15.7 Å². The van der Waals surface area contributed by atoms with Gasteiger partial charge in [0.1, 0.15) is 11.3 Å². The van der Waals surface area contributed by atoms with Gasteiger partial charge >= 0.3 is 6.18 Å². The van der Waals surface area contributed by atoms with Crippen LogP contribution in [0.2, 0.25) is 0 Å². The topological polar surface area (TPSA) is 106 Å². The molecule has 0 saturated carbocycles. The lowest BCUT2D eigenvalue weighted by atomic mass is 10.1. The third-order valence-electron chi connectivity index (χ3n) is 6.23. The summed E-state index contributed by atoms with van der Waals surface area (Å²) in [6.07, 6.45) is -4.01. The fourth-order valence-electron chi connectivity index (χ4n) is 3.90. The number of rotatable bonds is 11. The van der Waals surface area contributed by atoms with Crippen molar-refractivity contribution in [2.75, 3.05) is 20.2 Å². The zero-order valence-corrected chi connectivity index (χ0v) is 23.4. The van der Waals surface area contributed by atoms with E-state index in [1.54, 1.807) is 33.0 Å². The van der Waals surface area contributed by atoms with E-state index in [1.165, 1.54) is 37.3 Å². The molecule has 0 unspecified atom stereocenters. The number of nitrogens with one attached hydrogen (secondary N) is 2. The maximum atomic E-state index is 13.4. The van der Waals surface area contributed by atoms with Gasteiger partial charge in [0, 0.05) is 18.3 Å². The second-order valence-corrected chi connectivity index (χ2v) is 11.9. The number of pyridine rings is 1. The molecule has 0 aliphatic heterocycles. The number of sulfone groups is 1. The average molecular weight is 580 g/mol. The van der Waals surface area contributed by atoms with E-state index in [-0.39, 0.29) is 40.7 Å². The quantitative estimate of drug-likeness (QED) is 0.329. The molecule has 3 aromatic rings. The fraction of sp³-hybridized carbons (Fsp3) is 0.357. The molecule has 2 N–H and O–H groups in total. The number of alkyl halides is 3. The van der Waals surface area contributed by atoms with Gasteiger partial charge < -0.3 is 15.4 Å². The Morgan fingerprint density at radius 2 is 1.75 bits per heavy atom. The molecule has 1 amide bonds. The zero-order chi connectivity index (χ0) is 29.7. The predicted octanol–water partition coefficient (Wildman–Crippen LogP) is 4.27. The molecule has 8 nitrogen and oxygen atoms in total. The third-order valence-corrected chi connectivity index (χ3v) is 8.40. The highest BCUT2D eigenvalue weighted by Gasteiger charge is 2.31. The number of aromatic nitrogens is 1. The molecule has 0 aliphatic carbocycles. The zero-order valence-electron chi connectivity index (χ0n) is 22.6. The highest BCUT2D eigenvalue weighted by Crippen LogP contribution is 2.31. The molecular formula is C28H32F3N3O5S. The number of carbonyl (C=O) groups is 1. The largest absolute Gasteiger partial charge is 0.492 e. The summed E-state index contributed by atoms with van der Waals surface area (Å²) >= 11 is 0. The first-order chi connectivity index (χ1) is 18.8. The van der Waals surface area contributed by atoms with Crippen LogP contribution in [0.4, 0.5) is 13.2 Å². The minimum Gasteiger partial charge on any atom is -0.492 e. The molecule has 2 aromatic carbocycles. The molecule has 0 saturated heterocycles. The van der Waals surface area contributed by atoms with Crippen molar-refractivity contribution in [2.45, 2.75) is 50.1 Å². The van der Waals surface area contributed by atoms with Gasteiger partial charge in [0.25, 0.3) is 11.5 Å². The molecule has 0 atom stereocenters. The van der Waals surface area contributed by atoms with Crippen molar-refractivity contribution in [1.82, 2.24) is 15.2 Å². The number of halogens is 3. The number of hydrogen-bond donors (Lipinski definition) is 2. The normalized spacial score (nSPS) is 12.0. The summed E-state index contributed by atoms with van der Waals surface area (Å²) in [7, 11) is -1.68. The number of amides is 1. The first kappa shape index (κ1) is 30.9. The van der Waals surface area contributed by atoms with Gasteiger partial charge in [-0.15, -0.1) is 0 Å². The number of ether oxygens (including phenoxy) is 1. The average Bonchev–Trinajstić information content (AvgIpc) is 2.90. The number of carbonyl (C=O) groups excluding carboxylic acids is 1. The van der Waals surface area contributed by atoms with Gasteiger partial charge in [0.05, 0.1) is 28.0 Å². The van der Waals surface area contributed by atoms with Gasteiger partial charge in [-0.2, -0.15) is 13.2 Å². The molecular weight excluding hydrogens is 547 g/mol. The number of benzene rings is 2. The monoisotopic (exact) mass is 579 g/mol.